The van der Waals surface area contributed by atoms with E-state index < -0.39 is 0 Å². The van der Waals surface area contributed by atoms with E-state index in [0.29, 0.717) is 0 Å². The van der Waals surface area contributed by atoms with Crippen molar-refractivity contribution in [2.75, 3.05) is 0 Å². The Morgan fingerprint density at radius 1 is 1.23 bits per heavy atom. The van der Waals surface area contributed by atoms with E-state index in [-0.39, 0.29) is 0 Å². The van der Waals surface area contributed by atoms with E-state index in [1.807, 2.05) is 20.0 Å². The van der Waals surface area contributed by atoms with Gasteiger partial charge in [-0.1, -0.05) is 0 Å². The summed E-state index contributed by atoms with van der Waals surface area (Å²) < 4.78 is 1.80. The Hall–Kier alpha value is -1.71. The van der Waals surface area contributed by atoms with Crippen LogP contribution in [0.5, 0.6) is 0 Å². The van der Waals surface area contributed by atoms with Crippen LogP contribution in [0, 0.1) is 6.92 Å². The minimum Gasteiger partial charge on any atom is -0.268 e. The smallest absolute Gasteiger partial charge is 0.125 e. The molecular formula is C9H10N4. The van der Waals surface area contributed by atoms with Gasteiger partial charge in [-0.25, -0.2) is 9.97 Å². The fraction of sp³-hybridized carbons (Fsp3) is 0.222. The first-order valence-corrected chi connectivity index (χ1v) is 4.04. The molecule has 0 spiro atoms. The van der Waals surface area contributed by atoms with Gasteiger partial charge in [0, 0.05) is 31.2 Å². The number of nitrogens with zero attached hydrogens (tertiary/aromatic N) is 4. The normalized spacial score (nSPS) is 10.3. The van der Waals surface area contributed by atoms with Gasteiger partial charge in [0.1, 0.15) is 5.82 Å². The molecule has 0 aliphatic rings. The molecule has 2 heterocycles. The number of hydrogen-bond acceptors (Lipinski definition) is 3. The van der Waals surface area contributed by atoms with Crippen LogP contribution in [0.1, 0.15) is 5.82 Å². The predicted molar refractivity (Wildman–Crippen MR) is 49.0 cm³/mol. The van der Waals surface area contributed by atoms with E-state index in [0.717, 1.165) is 17.1 Å². The summed E-state index contributed by atoms with van der Waals surface area (Å²) in [6, 6.07) is 1.94. The van der Waals surface area contributed by atoms with Gasteiger partial charge in [0.05, 0.1) is 5.69 Å². The van der Waals surface area contributed by atoms with Gasteiger partial charge in [-0.15, -0.1) is 0 Å². The minimum absolute atomic E-state index is 0.783. The van der Waals surface area contributed by atoms with Gasteiger partial charge in [-0.05, 0) is 13.0 Å². The molecule has 0 saturated heterocycles. The molecule has 2 rings (SSSR count). The molecule has 2 aromatic rings. The molecule has 0 radical (unpaired) electrons. The highest BCUT2D eigenvalue weighted by Gasteiger charge is 2.01. The van der Waals surface area contributed by atoms with Crippen molar-refractivity contribution in [2.45, 2.75) is 6.92 Å². The van der Waals surface area contributed by atoms with Gasteiger partial charge >= 0.3 is 0 Å². The van der Waals surface area contributed by atoms with E-state index in [4.69, 9.17) is 0 Å². The van der Waals surface area contributed by atoms with Gasteiger partial charge < -0.3 is 0 Å². The molecule has 0 aliphatic heterocycles. The third-order valence-corrected chi connectivity index (χ3v) is 1.90. The lowest BCUT2D eigenvalue weighted by atomic mass is 10.2. The summed E-state index contributed by atoms with van der Waals surface area (Å²) in [7, 11) is 1.90. The third-order valence-electron chi connectivity index (χ3n) is 1.90. The van der Waals surface area contributed by atoms with Crippen LogP contribution in [0.25, 0.3) is 11.3 Å². The molecule has 0 saturated carbocycles. The highest BCUT2D eigenvalue weighted by molar-refractivity contribution is 5.56. The summed E-state index contributed by atoms with van der Waals surface area (Å²) in [6.07, 6.45) is 5.37. The first-order chi connectivity index (χ1) is 6.27. The van der Waals surface area contributed by atoms with E-state index in [9.17, 15) is 0 Å². The summed E-state index contributed by atoms with van der Waals surface area (Å²) in [4.78, 5) is 8.25. The van der Waals surface area contributed by atoms with Crippen LogP contribution in [0.3, 0.4) is 0 Å². The standard InChI is InChI=1S/C9H10N4/c1-7-10-5-8(6-11-7)9-3-4-12-13(9)2/h3-6H,1-2H3. The Kier molecular flexibility index (Phi) is 1.81. The fourth-order valence-electron chi connectivity index (χ4n) is 1.18. The van der Waals surface area contributed by atoms with Crippen LogP contribution >= 0.6 is 0 Å². The maximum Gasteiger partial charge on any atom is 0.125 e. The zero-order chi connectivity index (χ0) is 9.26. The summed E-state index contributed by atoms with van der Waals surface area (Å²) in [5.74, 6) is 0.783. The minimum atomic E-state index is 0.783. The summed E-state index contributed by atoms with van der Waals surface area (Å²) >= 11 is 0. The molecule has 0 unspecified atom stereocenters. The van der Waals surface area contributed by atoms with E-state index in [1.54, 1.807) is 23.3 Å². The predicted octanol–water partition coefficient (Wildman–Crippen LogP) is 1.19. The van der Waals surface area contributed by atoms with Gasteiger partial charge in [0.15, 0.2) is 0 Å². The Morgan fingerprint density at radius 3 is 2.46 bits per heavy atom. The molecule has 0 atom stereocenters. The number of hydrogen-bond donors (Lipinski definition) is 0. The molecule has 66 valence electrons. The van der Waals surface area contributed by atoms with Crippen molar-refractivity contribution in [1.82, 2.24) is 19.7 Å². The van der Waals surface area contributed by atoms with Crippen LogP contribution in [-0.2, 0) is 7.05 Å². The Balaban J connectivity index is 2.47. The third kappa shape index (κ3) is 1.42. The first-order valence-electron chi connectivity index (χ1n) is 4.04. The maximum absolute atomic E-state index is 4.12. The lowest BCUT2D eigenvalue weighted by Crippen LogP contribution is -1.95. The van der Waals surface area contributed by atoms with Crippen molar-refractivity contribution < 1.29 is 0 Å². The topological polar surface area (TPSA) is 43.6 Å². The van der Waals surface area contributed by atoms with Gasteiger partial charge in [-0.3, -0.25) is 4.68 Å². The summed E-state index contributed by atoms with van der Waals surface area (Å²) in [5, 5.41) is 4.08. The average Bonchev–Trinajstić information content (AvgIpc) is 2.53. The molecule has 0 amide bonds. The first kappa shape index (κ1) is 7.91. The SMILES string of the molecule is Cc1ncc(-c2ccnn2C)cn1. The Morgan fingerprint density at radius 2 is 1.92 bits per heavy atom. The van der Waals surface area contributed by atoms with Crippen molar-refractivity contribution in [2.24, 2.45) is 7.05 Å². The lowest BCUT2D eigenvalue weighted by Gasteiger charge is -2.00. The Bertz CT molecular complexity index is 402. The molecule has 0 N–H and O–H groups in total. The molecule has 4 nitrogen and oxygen atoms in total. The highest BCUT2D eigenvalue weighted by Crippen LogP contribution is 2.14. The highest BCUT2D eigenvalue weighted by atomic mass is 15.3. The Labute approximate surface area is 76.3 Å². The zero-order valence-electron chi connectivity index (χ0n) is 7.60. The lowest BCUT2D eigenvalue weighted by molar-refractivity contribution is 0.774. The van der Waals surface area contributed by atoms with Crippen molar-refractivity contribution in [3.05, 3.63) is 30.5 Å². The van der Waals surface area contributed by atoms with E-state index in [2.05, 4.69) is 15.1 Å². The van der Waals surface area contributed by atoms with Crippen LogP contribution in [0.15, 0.2) is 24.7 Å². The van der Waals surface area contributed by atoms with Gasteiger partial charge in [0.25, 0.3) is 0 Å². The van der Waals surface area contributed by atoms with Crippen molar-refractivity contribution in [3.63, 3.8) is 0 Å². The molecule has 0 bridgehead atoms. The molecule has 13 heavy (non-hydrogen) atoms. The monoisotopic (exact) mass is 174 g/mol. The average molecular weight is 174 g/mol. The van der Waals surface area contributed by atoms with Crippen LogP contribution in [-0.4, -0.2) is 19.7 Å². The van der Waals surface area contributed by atoms with Crippen LogP contribution < -0.4 is 0 Å². The zero-order valence-corrected chi connectivity index (χ0v) is 7.60. The molecular weight excluding hydrogens is 164 g/mol. The number of aryl methyl sites for hydroxylation is 2. The molecule has 0 aliphatic carbocycles. The second-order valence-electron chi connectivity index (χ2n) is 2.86. The van der Waals surface area contributed by atoms with E-state index in [1.165, 1.54) is 0 Å². The second-order valence-corrected chi connectivity index (χ2v) is 2.86. The molecule has 2 aromatic heterocycles. The molecule has 0 aromatic carbocycles. The second kappa shape index (κ2) is 2.97. The van der Waals surface area contributed by atoms with Crippen LogP contribution in [0.2, 0.25) is 0 Å². The number of rotatable bonds is 1. The van der Waals surface area contributed by atoms with Crippen LogP contribution in [0.4, 0.5) is 0 Å². The molecule has 4 heteroatoms. The number of aromatic nitrogens is 4. The quantitative estimate of drug-likeness (QED) is 0.652. The maximum atomic E-state index is 4.12. The van der Waals surface area contributed by atoms with Crippen molar-refractivity contribution in [3.8, 4) is 11.3 Å². The largest absolute Gasteiger partial charge is 0.268 e. The van der Waals surface area contributed by atoms with Crippen molar-refractivity contribution in [1.29, 1.82) is 0 Å². The van der Waals surface area contributed by atoms with E-state index >= 15 is 0 Å². The van der Waals surface area contributed by atoms with Gasteiger partial charge in [0.2, 0.25) is 0 Å². The summed E-state index contributed by atoms with van der Waals surface area (Å²) in [5.41, 5.74) is 2.02. The fourth-order valence-corrected chi connectivity index (χ4v) is 1.18. The molecule has 0 fully saturated rings. The van der Waals surface area contributed by atoms with Gasteiger partial charge in [-0.2, -0.15) is 5.10 Å². The summed E-state index contributed by atoms with van der Waals surface area (Å²) in [6.45, 7) is 1.87. The van der Waals surface area contributed by atoms with Crippen molar-refractivity contribution >= 4 is 0 Å².